The molecule has 0 saturated heterocycles. The predicted molar refractivity (Wildman–Crippen MR) is 164 cm³/mol. The Morgan fingerprint density at radius 1 is 1.00 bits per heavy atom. The van der Waals surface area contributed by atoms with Gasteiger partial charge in [-0.2, -0.15) is 18.2 Å². The summed E-state index contributed by atoms with van der Waals surface area (Å²) in [5.74, 6) is 0.125. The van der Waals surface area contributed by atoms with Gasteiger partial charge < -0.3 is 24.8 Å². The van der Waals surface area contributed by atoms with Gasteiger partial charge in [0.05, 0.1) is 32.2 Å². The number of carbonyl (C=O) groups excluding carboxylic acids is 1. The number of halogens is 5. The highest BCUT2D eigenvalue weighted by Crippen LogP contribution is 2.37. The summed E-state index contributed by atoms with van der Waals surface area (Å²) >= 11 is 0. The fourth-order valence-electron chi connectivity index (χ4n) is 5.89. The minimum Gasteiger partial charge on any atom is -0.467 e. The number of hydrogen-bond acceptors (Lipinski definition) is 10. The molecule has 0 unspecified atom stereocenters. The fourth-order valence-corrected chi connectivity index (χ4v) is 5.89. The number of hydrogen-bond donors (Lipinski definition) is 2. The third-order valence-corrected chi connectivity index (χ3v) is 8.30. The molecule has 4 aromatic rings. The minimum atomic E-state index is -4.65. The molecule has 48 heavy (non-hydrogen) atoms. The number of nitrogens with zero attached hydrogens (tertiary/aromatic N) is 9. The maximum atomic E-state index is 14.0. The summed E-state index contributed by atoms with van der Waals surface area (Å²) in [7, 11) is 1.45. The van der Waals surface area contributed by atoms with Crippen LogP contribution in [0.25, 0.3) is 11.1 Å². The van der Waals surface area contributed by atoms with Gasteiger partial charge in [0.1, 0.15) is 17.2 Å². The first kappa shape index (κ1) is 32.8. The molecule has 13 nitrogen and oxygen atoms in total. The van der Waals surface area contributed by atoms with Gasteiger partial charge in [-0.05, 0) is 37.8 Å². The Balaban J connectivity index is 1.15. The zero-order valence-corrected chi connectivity index (χ0v) is 25.7. The number of amides is 2. The second-order valence-electron chi connectivity index (χ2n) is 11.4. The van der Waals surface area contributed by atoms with E-state index in [4.69, 9.17) is 4.74 Å². The lowest BCUT2D eigenvalue weighted by Gasteiger charge is -2.36. The standard InChI is InChI=1S/C30H32F5N11O2/c1-48-28-39-11-19(12-40-28)18-2-7-25(37-10-18)46(29(47)41-15-24(31)32)21-5-3-20(4-6-21)42-27-38-14-23(30(33,34)35)26(43-27)44-8-9-45-17-36-13-22(45)16-44/h2,7,10-14,17,20-21,24H,3-6,8-9,15-16H2,1H3,(H,41,47)(H,38,42,43). The molecule has 2 aliphatic rings. The van der Waals surface area contributed by atoms with E-state index in [9.17, 15) is 26.7 Å². The predicted octanol–water partition coefficient (Wildman–Crippen LogP) is 4.78. The summed E-state index contributed by atoms with van der Waals surface area (Å²) in [5.41, 5.74) is 1.19. The molecule has 1 aliphatic carbocycles. The molecule has 254 valence electrons. The summed E-state index contributed by atoms with van der Waals surface area (Å²) in [6.07, 6.45) is 3.28. The quantitative estimate of drug-likeness (QED) is 0.239. The van der Waals surface area contributed by atoms with Gasteiger partial charge >= 0.3 is 18.2 Å². The number of fused-ring (bicyclic) bond motifs is 1. The fraction of sp³-hybridized carbons (Fsp3) is 0.433. The second kappa shape index (κ2) is 13.9. The number of aromatic nitrogens is 7. The van der Waals surface area contributed by atoms with E-state index in [0.717, 1.165) is 11.9 Å². The van der Waals surface area contributed by atoms with Gasteiger partial charge in [0.25, 0.3) is 6.43 Å². The molecule has 0 aromatic carbocycles. The van der Waals surface area contributed by atoms with Crippen molar-refractivity contribution in [3.05, 3.63) is 60.7 Å². The van der Waals surface area contributed by atoms with Gasteiger partial charge in [-0.25, -0.2) is 38.5 Å². The van der Waals surface area contributed by atoms with Crippen LogP contribution in [0.15, 0.2) is 49.4 Å². The van der Waals surface area contributed by atoms with E-state index in [0.29, 0.717) is 49.9 Å². The number of methoxy groups -OCH3 is 1. The summed E-state index contributed by atoms with van der Waals surface area (Å²) in [6, 6.07) is 2.26. The smallest absolute Gasteiger partial charge is 0.421 e. The average Bonchev–Trinajstić information content (AvgIpc) is 3.56. The van der Waals surface area contributed by atoms with Crippen molar-refractivity contribution < 1.29 is 31.5 Å². The topological polar surface area (TPSA) is 139 Å². The summed E-state index contributed by atoms with van der Waals surface area (Å²) < 4.78 is 74.7. The van der Waals surface area contributed by atoms with Crippen molar-refractivity contribution in [3.63, 3.8) is 0 Å². The van der Waals surface area contributed by atoms with Gasteiger partial charge in [0.2, 0.25) is 5.95 Å². The van der Waals surface area contributed by atoms with E-state index < -0.39 is 30.7 Å². The maximum Gasteiger partial charge on any atom is 0.421 e. The summed E-state index contributed by atoms with van der Waals surface area (Å²) in [6.45, 7) is 0.191. The van der Waals surface area contributed by atoms with Crippen LogP contribution in [0.3, 0.4) is 0 Å². The number of urea groups is 1. The van der Waals surface area contributed by atoms with E-state index in [1.807, 2.05) is 4.57 Å². The van der Waals surface area contributed by atoms with Crippen LogP contribution in [-0.2, 0) is 19.3 Å². The molecule has 2 N–H and O–H groups in total. The van der Waals surface area contributed by atoms with Crippen LogP contribution in [0, 0.1) is 0 Å². The Morgan fingerprint density at radius 2 is 1.75 bits per heavy atom. The first-order valence-corrected chi connectivity index (χ1v) is 15.2. The molecule has 4 aromatic heterocycles. The van der Waals surface area contributed by atoms with Crippen LogP contribution >= 0.6 is 0 Å². The van der Waals surface area contributed by atoms with Crippen LogP contribution < -0.4 is 25.2 Å². The lowest BCUT2D eigenvalue weighted by atomic mass is 9.90. The summed E-state index contributed by atoms with van der Waals surface area (Å²) in [4.78, 5) is 41.1. The Kier molecular flexibility index (Phi) is 9.49. The van der Waals surface area contributed by atoms with E-state index in [1.54, 1.807) is 42.0 Å². The van der Waals surface area contributed by atoms with Crippen LogP contribution in [0.4, 0.5) is 44.3 Å². The number of anilines is 3. The molecule has 5 heterocycles. The van der Waals surface area contributed by atoms with Crippen molar-refractivity contribution in [2.75, 3.05) is 35.3 Å². The van der Waals surface area contributed by atoms with Crippen molar-refractivity contribution in [2.24, 2.45) is 0 Å². The van der Waals surface area contributed by atoms with Gasteiger partial charge in [0.15, 0.2) is 0 Å². The van der Waals surface area contributed by atoms with Gasteiger partial charge in [-0.3, -0.25) is 4.90 Å². The van der Waals surface area contributed by atoms with Crippen LogP contribution in [-0.4, -0.2) is 79.2 Å². The largest absolute Gasteiger partial charge is 0.467 e. The molecule has 1 saturated carbocycles. The van der Waals surface area contributed by atoms with Crippen LogP contribution in [0.2, 0.25) is 0 Å². The van der Waals surface area contributed by atoms with Crippen LogP contribution in [0.5, 0.6) is 6.01 Å². The molecule has 0 bridgehead atoms. The summed E-state index contributed by atoms with van der Waals surface area (Å²) in [5, 5.41) is 5.44. The third kappa shape index (κ3) is 7.36. The molecule has 0 atom stereocenters. The Morgan fingerprint density at radius 3 is 2.42 bits per heavy atom. The SMILES string of the molecule is COc1ncc(-c2ccc(N(C(=O)NCC(F)F)C3CCC(Nc4ncc(C(F)(F)F)c(N5CCn6cncc6C5)n4)CC3)nc2)cn1. The molecule has 6 rings (SSSR count). The van der Waals surface area contributed by atoms with Crippen molar-refractivity contribution in [1.29, 1.82) is 0 Å². The molecule has 0 radical (unpaired) electrons. The van der Waals surface area contributed by atoms with Crippen molar-refractivity contribution in [1.82, 2.24) is 39.8 Å². The Labute approximate surface area is 271 Å². The van der Waals surface area contributed by atoms with Crippen molar-refractivity contribution in [2.45, 2.75) is 63.5 Å². The number of imidazole rings is 1. The molecule has 1 fully saturated rings. The number of pyridine rings is 1. The van der Waals surface area contributed by atoms with Gasteiger partial charge in [-0.1, -0.05) is 0 Å². The average molecular weight is 674 g/mol. The van der Waals surface area contributed by atoms with E-state index in [2.05, 4.69) is 40.5 Å². The van der Waals surface area contributed by atoms with Gasteiger partial charge in [0, 0.05) is 67.3 Å². The number of nitrogens with one attached hydrogen (secondary N) is 2. The Bertz CT molecular complexity index is 1690. The highest BCUT2D eigenvalue weighted by Gasteiger charge is 2.38. The lowest BCUT2D eigenvalue weighted by molar-refractivity contribution is -0.137. The van der Waals surface area contributed by atoms with Crippen LogP contribution in [0.1, 0.15) is 36.9 Å². The highest BCUT2D eigenvalue weighted by atomic mass is 19.4. The van der Waals surface area contributed by atoms with Gasteiger partial charge in [-0.15, -0.1) is 0 Å². The first-order chi connectivity index (χ1) is 23.1. The maximum absolute atomic E-state index is 14.0. The van der Waals surface area contributed by atoms with E-state index in [-0.39, 0.29) is 42.2 Å². The first-order valence-electron chi connectivity index (χ1n) is 15.2. The molecule has 1 aliphatic heterocycles. The molecule has 2 amide bonds. The van der Waals surface area contributed by atoms with E-state index >= 15 is 0 Å². The van der Waals surface area contributed by atoms with Crippen molar-refractivity contribution >= 4 is 23.6 Å². The zero-order valence-electron chi connectivity index (χ0n) is 25.7. The normalized spacial score (nSPS) is 17.9. The lowest BCUT2D eigenvalue weighted by Crippen LogP contribution is -2.50. The monoisotopic (exact) mass is 673 g/mol. The number of ether oxygens (including phenoxy) is 1. The molecular formula is C30H32F5N11O2. The van der Waals surface area contributed by atoms with Crippen molar-refractivity contribution in [3.8, 4) is 17.1 Å². The minimum absolute atomic E-state index is 0.0619. The zero-order chi connectivity index (χ0) is 33.8. The number of rotatable bonds is 9. The Hall–Kier alpha value is -5.16. The second-order valence-corrected chi connectivity index (χ2v) is 11.4. The molecular weight excluding hydrogens is 641 g/mol. The highest BCUT2D eigenvalue weighted by molar-refractivity contribution is 5.91. The molecule has 18 heteroatoms. The number of alkyl halides is 5. The molecule has 0 spiro atoms. The van der Waals surface area contributed by atoms with E-state index in [1.165, 1.54) is 18.2 Å². The number of carbonyl (C=O) groups is 1. The third-order valence-electron chi connectivity index (χ3n) is 8.30.